The third-order valence-electron chi connectivity index (χ3n) is 2.65. The molecule has 17 heavy (non-hydrogen) atoms. The molecule has 0 amide bonds. The molecule has 2 aromatic rings. The van der Waals surface area contributed by atoms with Crippen LogP contribution < -0.4 is 5.32 Å². The molecule has 0 spiro atoms. The van der Waals surface area contributed by atoms with E-state index < -0.39 is 0 Å². The summed E-state index contributed by atoms with van der Waals surface area (Å²) < 4.78 is 0. The van der Waals surface area contributed by atoms with Crippen LogP contribution in [0.3, 0.4) is 0 Å². The van der Waals surface area contributed by atoms with E-state index in [1.807, 2.05) is 19.1 Å². The second kappa shape index (κ2) is 5.34. The summed E-state index contributed by atoms with van der Waals surface area (Å²) in [5.74, 6) is 0.366. The van der Waals surface area contributed by atoms with Crippen molar-refractivity contribution in [3.63, 3.8) is 0 Å². The summed E-state index contributed by atoms with van der Waals surface area (Å²) >= 11 is 1.81. The zero-order valence-electron chi connectivity index (χ0n) is 10.2. The molecule has 2 rings (SSSR count). The van der Waals surface area contributed by atoms with Crippen LogP contribution in [0.4, 0.5) is 0 Å². The Kier molecular flexibility index (Phi) is 3.82. The van der Waals surface area contributed by atoms with Crippen molar-refractivity contribution in [2.24, 2.45) is 0 Å². The number of phenolic OH excluding ortho intramolecular Hbond substituents is 1. The van der Waals surface area contributed by atoms with Gasteiger partial charge in [-0.3, -0.25) is 0 Å². The van der Waals surface area contributed by atoms with E-state index in [0.717, 1.165) is 12.1 Å². The normalized spacial score (nSPS) is 10.7. The Labute approximate surface area is 106 Å². The van der Waals surface area contributed by atoms with Gasteiger partial charge in [-0.15, -0.1) is 11.3 Å². The number of nitrogens with one attached hydrogen (secondary N) is 1. The lowest BCUT2D eigenvalue weighted by atomic mass is 10.1. The number of thiophene rings is 1. The molecule has 1 heterocycles. The monoisotopic (exact) mass is 247 g/mol. The van der Waals surface area contributed by atoms with E-state index in [-0.39, 0.29) is 0 Å². The fraction of sp³-hybridized carbons (Fsp3) is 0.286. The number of phenols is 1. The number of aryl methyl sites for hydroxylation is 2. The maximum Gasteiger partial charge on any atom is 0.120 e. The average Bonchev–Trinajstić information content (AvgIpc) is 2.69. The molecule has 0 fully saturated rings. The summed E-state index contributed by atoms with van der Waals surface area (Å²) in [6, 6.07) is 9.96. The molecule has 2 nitrogen and oxygen atoms in total. The standard InChI is InChI=1S/C14H17NOS/c1-10-3-6-14(16)12(7-10)8-15-9-13-5-4-11(2)17-13/h3-7,15-16H,8-9H2,1-2H3. The maximum atomic E-state index is 9.70. The van der Waals surface area contributed by atoms with Gasteiger partial charge in [0, 0.05) is 28.4 Å². The van der Waals surface area contributed by atoms with Crippen molar-refractivity contribution < 1.29 is 5.11 Å². The molecular formula is C14H17NOS. The van der Waals surface area contributed by atoms with Crippen molar-refractivity contribution in [2.45, 2.75) is 26.9 Å². The minimum Gasteiger partial charge on any atom is -0.508 e. The molecule has 0 saturated carbocycles. The second-order valence-corrected chi connectivity index (χ2v) is 5.62. The lowest BCUT2D eigenvalue weighted by Crippen LogP contribution is -2.11. The molecule has 90 valence electrons. The summed E-state index contributed by atoms with van der Waals surface area (Å²) in [6.45, 7) is 5.70. The summed E-state index contributed by atoms with van der Waals surface area (Å²) in [7, 11) is 0. The molecule has 3 heteroatoms. The molecule has 0 unspecified atom stereocenters. The van der Waals surface area contributed by atoms with Gasteiger partial charge < -0.3 is 10.4 Å². The third-order valence-corrected chi connectivity index (χ3v) is 3.65. The van der Waals surface area contributed by atoms with Crippen molar-refractivity contribution in [3.8, 4) is 5.75 Å². The smallest absolute Gasteiger partial charge is 0.120 e. The van der Waals surface area contributed by atoms with Crippen molar-refractivity contribution in [1.82, 2.24) is 5.32 Å². The zero-order valence-corrected chi connectivity index (χ0v) is 11.0. The Morgan fingerprint density at radius 2 is 1.94 bits per heavy atom. The molecule has 1 aromatic carbocycles. The average molecular weight is 247 g/mol. The molecule has 0 aliphatic rings. The van der Waals surface area contributed by atoms with E-state index in [0.29, 0.717) is 12.3 Å². The second-order valence-electron chi connectivity index (χ2n) is 4.25. The van der Waals surface area contributed by atoms with Crippen LogP contribution in [0.15, 0.2) is 30.3 Å². The molecular weight excluding hydrogens is 230 g/mol. The van der Waals surface area contributed by atoms with Gasteiger partial charge in [0.25, 0.3) is 0 Å². The van der Waals surface area contributed by atoms with Crippen LogP contribution in [0, 0.1) is 13.8 Å². The van der Waals surface area contributed by atoms with Crippen LogP contribution in [0.1, 0.15) is 20.9 Å². The van der Waals surface area contributed by atoms with Crippen LogP contribution in [-0.4, -0.2) is 5.11 Å². The van der Waals surface area contributed by atoms with Gasteiger partial charge in [0.1, 0.15) is 5.75 Å². The highest BCUT2D eigenvalue weighted by molar-refractivity contribution is 7.11. The van der Waals surface area contributed by atoms with E-state index in [1.54, 1.807) is 17.4 Å². The molecule has 0 aliphatic heterocycles. The van der Waals surface area contributed by atoms with Crippen molar-refractivity contribution >= 4 is 11.3 Å². The highest BCUT2D eigenvalue weighted by Crippen LogP contribution is 2.19. The quantitative estimate of drug-likeness (QED) is 0.868. The first kappa shape index (κ1) is 12.1. The molecule has 0 atom stereocenters. The van der Waals surface area contributed by atoms with E-state index in [1.165, 1.54) is 15.3 Å². The number of hydrogen-bond acceptors (Lipinski definition) is 3. The van der Waals surface area contributed by atoms with Gasteiger partial charge in [-0.05, 0) is 32.0 Å². The minimum absolute atomic E-state index is 0.366. The Hall–Kier alpha value is -1.32. The first-order valence-corrected chi connectivity index (χ1v) is 6.51. The highest BCUT2D eigenvalue weighted by atomic mass is 32.1. The summed E-state index contributed by atoms with van der Waals surface area (Å²) in [5, 5.41) is 13.0. The summed E-state index contributed by atoms with van der Waals surface area (Å²) in [5.41, 5.74) is 2.13. The largest absolute Gasteiger partial charge is 0.508 e. The predicted octanol–water partition coefficient (Wildman–Crippen LogP) is 3.36. The lowest BCUT2D eigenvalue weighted by Gasteiger charge is -2.06. The maximum absolute atomic E-state index is 9.70. The van der Waals surface area contributed by atoms with E-state index >= 15 is 0 Å². The fourth-order valence-corrected chi connectivity index (χ4v) is 2.62. The first-order chi connectivity index (χ1) is 8.15. The zero-order chi connectivity index (χ0) is 12.3. The molecule has 0 saturated heterocycles. The van der Waals surface area contributed by atoms with Gasteiger partial charge >= 0.3 is 0 Å². The van der Waals surface area contributed by atoms with Gasteiger partial charge in [-0.25, -0.2) is 0 Å². The van der Waals surface area contributed by atoms with E-state index in [9.17, 15) is 5.11 Å². The SMILES string of the molecule is Cc1ccc(O)c(CNCc2ccc(C)s2)c1. The van der Waals surface area contributed by atoms with E-state index in [4.69, 9.17) is 0 Å². The lowest BCUT2D eigenvalue weighted by molar-refractivity contribution is 0.464. The van der Waals surface area contributed by atoms with Crippen LogP contribution in [0.2, 0.25) is 0 Å². The van der Waals surface area contributed by atoms with Gasteiger partial charge in [-0.2, -0.15) is 0 Å². The van der Waals surface area contributed by atoms with Gasteiger partial charge in [0.15, 0.2) is 0 Å². The molecule has 0 radical (unpaired) electrons. The van der Waals surface area contributed by atoms with Gasteiger partial charge in [0.05, 0.1) is 0 Å². The molecule has 0 aliphatic carbocycles. The van der Waals surface area contributed by atoms with Crippen LogP contribution in [-0.2, 0) is 13.1 Å². The highest BCUT2D eigenvalue weighted by Gasteiger charge is 2.01. The topological polar surface area (TPSA) is 32.3 Å². The number of rotatable bonds is 4. The predicted molar refractivity (Wildman–Crippen MR) is 72.4 cm³/mol. The number of hydrogen-bond donors (Lipinski definition) is 2. The summed E-state index contributed by atoms with van der Waals surface area (Å²) in [4.78, 5) is 2.66. The van der Waals surface area contributed by atoms with E-state index in [2.05, 4.69) is 24.4 Å². The van der Waals surface area contributed by atoms with Crippen molar-refractivity contribution in [1.29, 1.82) is 0 Å². The van der Waals surface area contributed by atoms with Gasteiger partial charge in [-0.1, -0.05) is 17.7 Å². The Balaban J connectivity index is 1.91. The Morgan fingerprint density at radius 1 is 1.12 bits per heavy atom. The fourth-order valence-electron chi connectivity index (χ4n) is 1.76. The van der Waals surface area contributed by atoms with Crippen LogP contribution in [0.5, 0.6) is 5.75 Å². The number of aromatic hydroxyl groups is 1. The Bertz CT molecular complexity index is 505. The van der Waals surface area contributed by atoms with Crippen molar-refractivity contribution in [3.05, 3.63) is 51.2 Å². The van der Waals surface area contributed by atoms with Crippen molar-refractivity contribution in [2.75, 3.05) is 0 Å². The first-order valence-electron chi connectivity index (χ1n) is 5.69. The molecule has 1 aromatic heterocycles. The molecule has 2 N–H and O–H groups in total. The number of benzene rings is 1. The van der Waals surface area contributed by atoms with Gasteiger partial charge in [0.2, 0.25) is 0 Å². The third kappa shape index (κ3) is 3.32. The minimum atomic E-state index is 0.366. The Morgan fingerprint density at radius 3 is 2.65 bits per heavy atom. The summed E-state index contributed by atoms with van der Waals surface area (Å²) in [6.07, 6.45) is 0. The molecule has 0 bridgehead atoms. The van der Waals surface area contributed by atoms with Crippen LogP contribution >= 0.6 is 11.3 Å². The van der Waals surface area contributed by atoms with Crippen LogP contribution in [0.25, 0.3) is 0 Å².